The average molecular weight is 474 g/mol. The van der Waals surface area contributed by atoms with Gasteiger partial charge in [0.15, 0.2) is 0 Å². The summed E-state index contributed by atoms with van der Waals surface area (Å²) in [6.07, 6.45) is 0.237. The van der Waals surface area contributed by atoms with Crippen molar-refractivity contribution in [2.75, 3.05) is 5.73 Å². The van der Waals surface area contributed by atoms with E-state index in [1.807, 2.05) is 12.1 Å². The van der Waals surface area contributed by atoms with Crippen molar-refractivity contribution in [3.05, 3.63) is 24.8 Å². The van der Waals surface area contributed by atoms with Crippen LogP contribution in [-0.4, -0.2) is 23.0 Å². The molecule has 0 radical (unpaired) electrons. The van der Waals surface area contributed by atoms with Crippen LogP contribution in [0, 0.1) is 7.14 Å². The highest BCUT2D eigenvalue weighted by Crippen LogP contribution is 2.24. The van der Waals surface area contributed by atoms with Crippen LogP contribution < -0.4 is 11.1 Å². The van der Waals surface area contributed by atoms with Crippen LogP contribution in [0.4, 0.5) is 5.69 Å². The summed E-state index contributed by atoms with van der Waals surface area (Å²) in [5.41, 5.74) is 7.34. The van der Waals surface area contributed by atoms with E-state index in [1.54, 1.807) is 0 Å². The summed E-state index contributed by atoms with van der Waals surface area (Å²) in [5.74, 6) is -1.41. The van der Waals surface area contributed by atoms with Gasteiger partial charge >= 0.3 is 5.97 Å². The van der Waals surface area contributed by atoms with Gasteiger partial charge in [0, 0.05) is 20.5 Å². The zero-order chi connectivity index (χ0) is 13.9. The van der Waals surface area contributed by atoms with Crippen LogP contribution in [0.1, 0.15) is 12.5 Å². The van der Waals surface area contributed by atoms with Crippen LogP contribution in [0.25, 0.3) is 0 Å². The smallest absolute Gasteiger partial charge is 0.326 e. The van der Waals surface area contributed by atoms with Crippen molar-refractivity contribution in [3.63, 3.8) is 0 Å². The molecule has 0 aliphatic carbocycles. The van der Waals surface area contributed by atoms with Crippen LogP contribution in [0.5, 0.6) is 0 Å². The lowest BCUT2D eigenvalue weighted by Crippen LogP contribution is -2.41. The van der Waals surface area contributed by atoms with E-state index in [1.165, 1.54) is 6.92 Å². The minimum atomic E-state index is -1.05. The van der Waals surface area contributed by atoms with Crippen molar-refractivity contribution >= 4 is 62.7 Å². The number of aliphatic carboxylic acids is 1. The fourth-order valence-electron chi connectivity index (χ4n) is 1.44. The molecule has 7 heteroatoms. The third-order valence-corrected chi connectivity index (χ3v) is 4.04. The number of anilines is 1. The second-order valence-electron chi connectivity index (χ2n) is 3.77. The molecule has 1 aromatic carbocycles. The first-order valence-electron chi connectivity index (χ1n) is 5.04. The van der Waals surface area contributed by atoms with Gasteiger partial charge in [-0.15, -0.1) is 0 Å². The molecule has 0 bridgehead atoms. The molecule has 0 aromatic heterocycles. The van der Waals surface area contributed by atoms with Crippen molar-refractivity contribution in [1.82, 2.24) is 5.32 Å². The number of rotatable bonds is 4. The normalized spacial score (nSPS) is 11.9. The highest BCUT2D eigenvalue weighted by molar-refractivity contribution is 14.1. The van der Waals surface area contributed by atoms with Gasteiger partial charge in [0.2, 0.25) is 5.91 Å². The van der Waals surface area contributed by atoms with Gasteiger partial charge < -0.3 is 16.2 Å². The molecule has 1 rings (SSSR count). The summed E-state index contributed by atoms with van der Waals surface area (Å²) in [6, 6.07) is 2.74. The molecule has 0 aliphatic heterocycles. The van der Waals surface area contributed by atoms with Gasteiger partial charge in [-0.25, -0.2) is 4.79 Å². The van der Waals surface area contributed by atoms with Crippen LogP contribution in [-0.2, 0) is 16.0 Å². The molecule has 1 aromatic rings. The number of hydrogen-bond acceptors (Lipinski definition) is 3. The van der Waals surface area contributed by atoms with Gasteiger partial charge in [-0.2, -0.15) is 0 Å². The molecule has 0 saturated heterocycles. The Morgan fingerprint density at radius 2 is 1.89 bits per heavy atom. The molecule has 5 nitrogen and oxygen atoms in total. The lowest BCUT2D eigenvalue weighted by molar-refractivity contribution is -0.141. The van der Waals surface area contributed by atoms with Crippen LogP contribution in [0.3, 0.4) is 0 Å². The Kier molecular flexibility index (Phi) is 5.63. The first-order valence-corrected chi connectivity index (χ1v) is 7.20. The molecule has 0 fully saturated rings. The van der Waals surface area contributed by atoms with E-state index < -0.39 is 12.0 Å². The molecule has 18 heavy (non-hydrogen) atoms. The molecule has 4 N–H and O–H groups in total. The summed E-state index contributed by atoms with van der Waals surface area (Å²) < 4.78 is 1.75. The molecule has 1 atom stereocenters. The zero-order valence-corrected chi connectivity index (χ0v) is 13.9. The Labute approximate surface area is 132 Å². The number of carboxylic acid groups (broad SMARTS) is 1. The summed E-state index contributed by atoms with van der Waals surface area (Å²) in [4.78, 5) is 22.0. The average Bonchev–Trinajstić information content (AvgIpc) is 2.24. The van der Waals surface area contributed by atoms with Gasteiger partial charge in [0.05, 0.1) is 5.69 Å². The first-order chi connectivity index (χ1) is 8.31. The molecular formula is C11H12I2N2O3. The molecule has 98 valence electrons. The second-order valence-corrected chi connectivity index (χ2v) is 6.09. The Balaban J connectivity index is 2.94. The Morgan fingerprint density at radius 3 is 2.28 bits per heavy atom. The summed E-state index contributed by atoms with van der Waals surface area (Å²) >= 11 is 4.20. The number of amides is 1. The van der Waals surface area contributed by atoms with Gasteiger partial charge in [0.25, 0.3) is 0 Å². The molecule has 1 amide bonds. The van der Waals surface area contributed by atoms with Gasteiger partial charge in [-0.3, -0.25) is 4.79 Å². The third-order valence-electron chi connectivity index (χ3n) is 2.25. The molecule has 0 aliphatic rings. The standard InChI is InChI=1S/C11H12I2N2O3/c1-5(16)15-9(11(17)18)4-6-2-7(12)10(14)8(13)3-6/h2-3,9H,4,14H2,1H3,(H,15,16)(H,17,18). The summed E-state index contributed by atoms with van der Waals surface area (Å²) in [5, 5.41) is 11.4. The van der Waals surface area contributed by atoms with Crippen molar-refractivity contribution in [3.8, 4) is 0 Å². The maximum Gasteiger partial charge on any atom is 0.326 e. The minimum Gasteiger partial charge on any atom is -0.480 e. The van der Waals surface area contributed by atoms with E-state index in [-0.39, 0.29) is 12.3 Å². The van der Waals surface area contributed by atoms with Crippen molar-refractivity contribution < 1.29 is 14.7 Å². The third kappa shape index (κ3) is 4.26. The number of benzene rings is 1. The van der Waals surface area contributed by atoms with Gasteiger partial charge in [-0.05, 0) is 62.9 Å². The molecule has 0 spiro atoms. The van der Waals surface area contributed by atoms with Gasteiger partial charge in [-0.1, -0.05) is 0 Å². The SMILES string of the molecule is CC(=O)NC(Cc1cc(I)c(N)c(I)c1)C(=O)O. The van der Waals surface area contributed by atoms with E-state index >= 15 is 0 Å². The number of nitrogens with two attached hydrogens (primary N) is 1. The lowest BCUT2D eigenvalue weighted by atomic mass is 10.1. The lowest BCUT2D eigenvalue weighted by Gasteiger charge is -2.14. The Bertz CT molecular complexity index is 468. The van der Waals surface area contributed by atoms with Crippen molar-refractivity contribution in [2.24, 2.45) is 0 Å². The number of carbonyl (C=O) groups excluding carboxylic acids is 1. The number of nitrogens with one attached hydrogen (secondary N) is 1. The first kappa shape index (κ1) is 15.5. The predicted octanol–water partition coefficient (Wildman–Crippen LogP) is 1.61. The maximum atomic E-state index is 11.0. The topological polar surface area (TPSA) is 92.4 Å². The number of nitrogen functional groups attached to an aromatic ring is 1. The zero-order valence-electron chi connectivity index (χ0n) is 9.54. The van der Waals surface area contributed by atoms with Crippen molar-refractivity contribution in [2.45, 2.75) is 19.4 Å². The Hall–Kier alpha value is -0.580. The predicted molar refractivity (Wildman–Crippen MR) is 85.2 cm³/mol. The number of carboxylic acids is 1. The van der Waals surface area contributed by atoms with Crippen LogP contribution >= 0.6 is 45.2 Å². The highest BCUT2D eigenvalue weighted by Gasteiger charge is 2.19. The number of halogens is 2. The fourth-order valence-corrected chi connectivity index (χ4v) is 3.33. The second kappa shape index (κ2) is 6.55. The van der Waals surface area contributed by atoms with Gasteiger partial charge in [0.1, 0.15) is 6.04 Å². The largest absolute Gasteiger partial charge is 0.480 e. The monoisotopic (exact) mass is 474 g/mol. The summed E-state index contributed by atoms with van der Waals surface area (Å²) in [6.45, 7) is 1.30. The molecule has 0 heterocycles. The number of carbonyl (C=O) groups is 2. The Morgan fingerprint density at radius 1 is 1.39 bits per heavy atom. The van der Waals surface area contributed by atoms with E-state index in [2.05, 4.69) is 50.5 Å². The summed E-state index contributed by atoms with van der Waals surface area (Å²) in [7, 11) is 0. The molecular weight excluding hydrogens is 462 g/mol. The minimum absolute atomic E-state index is 0.237. The van der Waals surface area contributed by atoms with E-state index in [4.69, 9.17) is 10.8 Å². The fraction of sp³-hybridized carbons (Fsp3) is 0.273. The molecule has 1 unspecified atom stereocenters. The highest BCUT2D eigenvalue weighted by atomic mass is 127. The molecule has 0 saturated carbocycles. The van der Waals surface area contributed by atoms with Crippen molar-refractivity contribution in [1.29, 1.82) is 0 Å². The van der Waals surface area contributed by atoms with E-state index in [9.17, 15) is 9.59 Å². The quantitative estimate of drug-likeness (QED) is 0.457. The van der Waals surface area contributed by atoms with Crippen LogP contribution in [0.15, 0.2) is 12.1 Å². The maximum absolute atomic E-state index is 11.0. The van der Waals surface area contributed by atoms with E-state index in [0.717, 1.165) is 12.7 Å². The van der Waals surface area contributed by atoms with Crippen LogP contribution in [0.2, 0.25) is 0 Å². The van der Waals surface area contributed by atoms with E-state index in [0.29, 0.717) is 5.69 Å². The number of hydrogen-bond donors (Lipinski definition) is 3.